The lowest BCUT2D eigenvalue weighted by atomic mass is 9.89. The molecular formula is C24H29ClN2O2. The summed E-state index contributed by atoms with van der Waals surface area (Å²) in [6.07, 6.45) is 12.4. The van der Waals surface area contributed by atoms with Crippen LogP contribution in [0.5, 0.6) is 0 Å². The molecule has 2 aromatic rings. The number of carbonyl (C=O) groups excluding carboxylic acids is 1. The van der Waals surface area contributed by atoms with Crippen molar-refractivity contribution < 1.29 is 9.21 Å². The standard InChI is InChI=1S/C24H29ClN2O2/c25-22-5-3-20(4-6-22)21-9-12-27(13-10-21)16-19-1-7-23(15-19)26-24(28)8-2-18-11-14-29-17-18/h2-6,8,11,14,17,19,21,23H,1,7,9-10,12-13,15-16H2,(H,26,28)/b8-2+/t19-,23+/m0/s1. The van der Waals surface area contributed by atoms with Crippen LogP contribution in [0, 0.1) is 5.92 Å². The fourth-order valence-corrected chi connectivity index (χ4v) is 4.84. The largest absolute Gasteiger partial charge is 0.472 e. The second-order valence-corrected chi connectivity index (χ2v) is 8.84. The lowest BCUT2D eigenvalue weighted by Crippen LogP contribution is -2.37. The Morgan fingerprint density at radius 1 is 1.14 bits per heavy atom. The second kappa shape index (κ2) is 9.64. The van der Waals surface area contributed by atoms with Gasteiger partial charge in [0, 0.05) is 29.2 Å². The van der Waals surface area contributed by atoms with Crippen molar-refractivity contribution in [2.75, 3.05) is 19.6 Å². The topological polar surface area (TPSA) is 45.5 Å². The van der Waals surface area contributed by atoms with E-state index in [1.54, 1.807) is 24.7 Å². The van der Waals surface area contributed by atoms with E-state index < -0.39 is 0 Å². The van der Waals surface area contributed by atoms with Crippen LogP contribution in [-0.4, -0.2) is 36.5 Å². The van der Waals surface area contributed by atoms with Crippen LogP contribution < -0.4 is 5.32 Å². The van der Waals surface area contributed by atoms with Crippen LogP contribution in [0.25, 0.3) is 6.08 Å². The van der Waals surface area contributed by atoms with Crippen molar-refractivity contribution in [3.63, 3.8) is 0 Å². The van der Waals surface area contributed by atoms with Crippen molar-refractivity contribution in [3.05, 3.63) is 65.1 Å². The molecule has 0 spiro atoms. The van der Waals surface area contributed by atoms with Crippen LogP contribution in [0.4, 0.5) is 0 Å². The predicted octanol–water partition coefficient (Wildman–Crippen LogP) is 5.11. The third-order valence-corrected chi connectivity index (χ3v) is 6.56. The first-order valence-electron chi connectivity index (χ1n) is 10.6. The first-order chi connectivity index (χ1) is 14.2. The number of likely N-dealkylation sites (tertiary alicyclic amines) is 1. The van der Waals surface area contributed by atoms with E-state index in [9.17, 15) is 4.79 Å². The number of benzene rings is 1. The van der Waals surface area contributed by atoms with Crippen LogP contribution in [0.1, 0.15) is 49.1 Å². The molecule has 4 nitrogen and oxygen atoms in total. The summed E-state index contributed by atoms with van der Waals surface area (Å²) in [7, 11) is 0. The van der Waals surface area contributed by atoms with E-state index >= 15 is 0 Å². The smallest absolute Gasteiger partial charge is 0.244 e. The van der Waals surface area contributed by atoms with Gasteiger partial charge < -0.3 is 14.6 Å². The highest BCUT2D eigenvalue weighted by Crippen LogP contribution is 2.31. The summed E-state index contributed by atoms with van der Waals surface area (Å²) in [5.74, 6) is 1.33. The molecule has 1 saturated carbocycles. The van der Waals surface area contributed by atoms with Gasteiger partial charge >= 0.3 is 0 Å². The van der Waals surface area contributed by atoms with Crippen molar-refractivity contribution in [1.82, 2.24) is 10.2 Å². The van der Waals surface area contributed by atoms with Crippen LogP contribution in [-0.2, 0) is 4.79 Å². The van der Waals surface area contributed by atoms with E-state index in [4.69, 9.17) is 16.0 Å². The molecule has 0 unspecified atom stereocenters. The summed E-state index contributed by atoms with van der Waals surface area (Å²) < 4.78 is 5.01. The lowest BCUT2D eigenvalue weighted by molar-refractivity contribution is -0.117. The molecule has 2 atom stereocenters. The number of rotatable bonds is 6. The highest BCUT2D eigenvalue weighted by molar-refractivity contribution is 6.30. The molecule has 29 heavy (non-hydrogen) atoms. The summed E-state index contributed by atoms with van der Waals surface area (Å²) in [6.45, 7) is 3.48. The number of piperidine rings is 1. The monoisotopic (exact) mass is 412 g/mol. The highest BCUT2D eigenvalue weighted by Gasteiger charge is 2.28. The zero-order valence-electron chi connectivity index (χ0n) is 16.7. The SMILES string of the molecule is O=C(/C=C/c1ccoc1)N[C@@H]1CC[C@H](CN2CCC(c3ccc(Cl)cc3)CC2)C1. The molecule has 1 amide bonds. The molecule has 4 rings (SSSR count). The fourth-order valence-electron chi connectivity index (χ4n) is 4.71. The van der Waals surface area contributed by atoms with Gasteiger partial charge in [0.15, 0.2) is 0 Å². The average Bonchev–Trinajstić information content (AvgIpc) is 3.40. The van der Waals surface area contributed by atoms with Gasteiger partial charge in [-0.05, 0) is 86.9 Å². The number of hydrogen-bond acceptors (Lipinski definition) is 3. The maximum atomic E-state index is 12.1. The van der Waals surface area contributed by atoms with E-state index in [2.05, 4.69) is 22.3 Å². The Hall–Kier alpha value is -2.04. The molecule has 1 aromatic carbocycles. The minimum absolute atomic E-state index is 0.0133. The summed E-state index contributed by atoms with van der Waals surface area (Å²) in [5.41, 5.74) is 2.33. The summed E-state index contributed by atoms with van der Waals surface area (Å²) in [6, 6.07) is 10.5. The third-order valence-electron chi connectivity index (χ3n) is 6.30. The third kappa shape index (κ3) is 5.74. The quantitative estimate of drug-likeness (QED) is 0.670. The minimum Gasteiger partial charge on any atom is -0.472 e. The minimum atomic E-state index is -0.0133. The second-order valence-electron chi connectivity index (χ2n) is 8.40. The van der Waals surface area contributed by atoms with E-state index in [0.717, 1.165) is 43.1 Å². The number of furan rings is 1. The van der Waals surface area contributed by atoms with E-state index in [1.807, 2.05) is 18.2 Å². The number of halogens is 1. The molecule has 1 saturated heterocycles. The zero-order chi connectivity index (χ0) is 20.1. The molecule has 154 valence electrons. The van der Waals surface area contributed by atoms with Gasteiger partial charge in [-0.25, -0.2) is 0 Å². The fraction of sp³-hybridized carbons (Fsp3) is 0.458. The number of hydrogen-bond donors (Lipinski definition) is 1. The first kappa shape index (κ1) is 20.2. The molecule has 0 radical (unpaired) electrons. The van der Waals surface area contributed by atoms with Gasteiger partial charge in [0.2, 0.25) is 5.91 Å². The maximum absolute atomic E-state index is 12.1. The number of carbonyl (C=O) groups is 1. The van der Waals surface area contributed by atoms with Crippen molar-refractivity contribution >= 4 is 23.6 Å². The Morgan fingerprint density at radius 3 is 2.66 bits per heavy atom. The molecule has 2 aliphatic rings. The van der Waals surface area contributed by atoms with Crippen LogP contribution in [0.15, 0.2) is 53.4 Å². The van der Waals surface area contributed by atoms with Crippen molar-refractivity contribution in [2.45, 2.75) is 44.1 Å². The van der Waals surface area contributed by atoms with Crippen molar-refractivity contribution in [1.29, 1.82) is 0 Å². The van der Waals surface area contributed by atoms with E-state index in [1.165, 1.54) is 24.8 Å². The number of amides is 1. The molecular weight excluding hydrogens is 384 g/mol. The molecule has 0 bridgehead atoms. The molecule has 1 N–H and O–H groups in total. The number of nitrogens with zero attached hydrogens (tertiary/aromatic N) is 1. The van der Waals surface area contributed by atoms with Crippen molar-refractivity contribution in [2.24, 2.45) is 5.92 Å². The van der Waals surface area contributed by atoms with Gasteiger partial charge in [-0.1, -0.05) is 23.7 Å². The van der Waals surface area contributed by atoms with Crippen LogP contribution in [0.3, 0.4) is 0 Å². The van der Waals surface area contributed by atoms with Gasteiger partial charge in [0.05, 0.1) is 12.5 Å². The average molecular weight is 413 g/mol. The maximum Gasteiger partial charge on any atom is 0.244 e. The molecule has 1 aliphatic heterocycles. The predicted molar refractivity (Wildman–Crippen MR) is 117 cm³/mol. The van der Waals surface area contributed by atoms with E-state index in [-0.39, 0.29) is 5.91 Å². The molecule has 1 aliphatic carbocycles. The van der Waals surface area contributed by atoms with Crippen LogP contribution >= 0.6 is 11.6 Å². The van der Waals surface area contributed by atoms with Gasteiger partial charge in [-0.15, -0.1) is 0 Å². The molecule has 1 aromatic heterocycles. The van der Waals surface area contributed by atoms with Gasteiger partial charge in [-0.3, -0.25) is 4.79 Å². The Balaban J connectivity index is 1.18. The summed E-state index contributed by atoms with van der Waals surface area (Å²) in [5, 5.41) is 3.97. The Morgan fingerprint density at radius 2 is 1.93 bits per heavy atom. The summed E-state index contributed by atoms with van der Waals surface area (Å²) >= 11 is 6.01. The molecule has 2 fully saturated rings. The molecule has 2 heterocycles. The van der Waals surface area contributed by atoms with Gasteiger partial charge in [-0.2, -0.15) is 0 Å². The zero-order valence-corrected chi connectivity index (χ0v) is 17.5. The normalized spacial score (nSPS) is 23.6. The Labute approximate surface area is 177 Å². The summed E-state index contributed by atoms with van der Waals surface area (Å²) in [4.78, 5) is 14.7. The van der Waals surface area contributed by atoms with E-state index in [0.29, 0.717) is 17.9 Å². The van der Waals surface area contributed by atoms with Crippen LogP contribution in [0.2, 0.25) is 5.02 Å². The number of nitrogens with one attached hydrogen (secondary N) is 1. The van der Waals surface area contributed by atoms with Crippen molar-refractivity contribution in [3.8, 4) is 0 Å². The lowest BCUT2D eigenvalue weighted by Gasteiger charge is -2.33. The Bertz CT molecular complexity index is 808. The first-order valence-corrected chi connectivity index (χ1v) is 11.0. The Kier molecular flexibility index (Phi) is 6.73. The van der Waals surface area contributed by atoms with Gasteiger partial charge in [0.25, 0.3) is 0 Å². The molecule has 5 heteroatoms. The van der Waals surface area contributed by atoms with Gasteiger partial charge in [0.1, 0.15) is 0 Å². The highest BCUT2D eigenvalue weighted by atomic mass is 35.5.